The van der Waals surface area contributed by atoms with Crippen molar-refractivity contribution < 1.29 is 13.5 Å². The van der Waals surface area contributed by atoms with E-state index in [9.17, 15) is 8.42 Å². The summed E-state index contributed by atoms with van der Waals surface area (Å²) in [7, 11) is -1.68. The van der Waals surface area contributed by atoms with Crippen LogP contribution in [0.5, 0.6) is 0 Å². The van der Waals surface area contributed by atoms with Crippen molar-refractivity contribution >= 4 is 21.8 Å². The highest BCUT2D eigenvalue weighted by molar-refractivity contribution is 8.00. The maximum Gasteiger partial charge on any atom is 0.244 e. The standard InChI is InChI=1S/C11H18N2O3S2/c1-9-6-13(3-4-17-9)18(15,16)11-5-10(8-14)12(2)7-11/h5,7,9,14H,3-4,6,8H2,1-2H3. The number of sulfonamides is 1. The quantitative estimate of drug-likeness (QED) is 0.887. The normalized spacial score (nSPS) is 22.3. The predicted molar refractivity (Wildman–Crippen MR) is 72.0 cm³/mol. The van der Waals surface area contributed by atoms with Crippen molar-refractivity contribution in [2.24, 2.45) is 7.05 Å². The Kier molecular flexibility index (Phi) is 4.05. The van der Waals surface area contributed by atoms with Gasteiger partial charge in [0.25, 0.3) is 0 Å². The SMILES string of the molecule is CC1CN(S(=O)(=O)c2cc(CO)n(C)c2)CCS1. The number of rotatable bonds is 3. The smallest absolute Gasteiger partial charge is 0.244 e. The molecule has 18 heavy (non-hydrogen) atoms. The van der Waals surface area contributed by atoms with Gasteiger partial charge in [-0.15, -0.1) is 0 Å². The molecule has 5 nitrogen and oxygen atoms in total. The van der Waals surface area contributed by atoms with Crippen molar-refractivity contribution in [1.82, 2.24) is 8.87 Å². The van der Waals surface area contributed by atoms with Crippen LogP contribution in [0.25, 0.3) is 0 Å². The van der Waals surface area contributed by atoms with Crippen molar-refractivity contribution in [3.05, 3.63) is 18.0 Å². The molecule has 1 saturated heterocycles. The second-order valence-electron chi connectivity index (χ2n) is 4.48. The zero-order valence-corrected chi connectivity index (χ0v) is 12.2. The van der Waals surface area contributed by atoms with E-state index >= 15 is 0 Å². The predicted octanol–water partition coefficient (Wildman–Crippen LogP) is 0.643. The maximum atomic E-state index is 12.4. The molecular weight excluding hydrogens is 272 g/mol. The molecule has 0 radical (unpaired) electrons. The molecule has 1 aliphatic heterocycles. The second-order valence-corrected chi connectivity index (χ2v) is 7.96. The van der Waals surface area contributed by atoms with Crippen molar-refractivity contribution in [2.75, 3.05) is 18.8 Å². The Morgan fingerprint density at radius 2 is 2.28 bits per heavy atom. The molecule has 0 bridgehead atoms. The minimum atomic E-state index is -3.42. The third-order valence-corrected chi connectivity index (χ3v) is 6.05. The fourth-order valence-electron chi connectivity index (χ4n) is 2.03. The van der Waals surface area contributed by atoms with Gasteiger partial charge in [0, 0.05) is 43.0 Å². The van der Waals surface area contributed by atoms with E-state index in [-0.39, 0.29) is 11.5 Å². The van der Waals surface area contributed by atoms with Gasteiger partial charge in [0.2, 0.25) is 10.0 Å². The van der Waals surface area contributed by atoms with Crippen LogP contribution in [-0.2, 0) is 23.7 Å². The molecule has 0 amide bonds. The van der Waals surface area contributed by atoms with Gasteiger partial charge in [-0.2, -0.15) is 16.1 Å². The topological polar surface area (TPSA) is 62.5 Å². The molecule has 0 aliphatic carbocycles. The van der Waals surface area contributed by atoms with Gasteiger partial charge in [0.1, 0.15) is 4.90 Å². The van der Waals surface area contributed by atoms with E-state index < -0.39 is 10.0 Å². The van der Waals surface area contributed by atoms with Gasteiger partial charge in [-0.05, 0) is 6.07 Å². The molecule has 1 N–H and O–H groups in total. The summed E-state index contributed by atoms with van der Waals surface area (Å²) in [5, 5.41) is 9.45. The number of nitrogens with zero attached hydrogens (tertiary/aromatic N) is 2. The van der Waals surface area contributed by atoms with Crippen molar-refractivity contribution in [1.29, 1.82) is 0 Å². The van der Waals surface area contributed by atoms with Gasteiger partial charge in [0.15, 0.2) is 0 Å². The fraction of sp³-hybridized carbons (Fsp3) is 0.636. The van der Waals surface area contributed by atoms with Crippen molar-refractivity contribution in [3.63, 3.8) is 0 Å². The van der Waals surface area contributed by atoms with Crippen LogP contribution in [0.4, 0.5) is 0 Å². The molecule has 2 heterocycles. The van der Waals surface area contributed by atoms with Gasteiger partial charge in [0.05, 0.1) is 6.61 Å². The number of aryl methyl sites for hydroxylation is 1. The van der Waals surface area contributed by atoms with Gasteiger partial charge in [-0.1, -0.05) is 6.92 Å². The van der Waals surface area contributed by atoms with E-state index in [1.807, 2.05) is 6.92 Å². The Morgan fingerprint density at radius 3 is 2.83 bits per heavy atom. The first-order chi connectivity index (χ1) is 8.45. The molecule has 0 saturated carbocycles. The van der Waals surface area contributed by atoms with Crippen LogP contribution in [-0.4, -0.2) is 46.5 Å². The summed E-state index contributed by atoms with van der Waals surface area (Å²) in [5.41, 5.74) is 0.605. The minimum Gasteiger partial charge on any atom is -0.390 e. The van der Waals surface area contributed by atoms with Crippen LogP contribution >= 0.6 is 11.8 Å². The molecule has 1 unspecified atom stereocenters. The summed E-state index contributed by atoms with van der Waals surface area (Å²) >= 11 is 1.79. The first-order valence-corrected chi connectivity index (χ1v) is 8.32. The molecule has 2 rings (SSSR count). The van der Waals surface area contributed by atoms with Crippen LogP contribution in [0.2, 0.25) is 0 Å². The molecule has 1 aromatic rings. The lowest BCUT2D eigenvalue weighted by molar-refractivity contribution is 0.272. The molecule has 1 fully saturated rings. The number of hydrogen-bond donors (Lipinski definition) is 1. The molecule has 0 aromatic carbocycles. The van der Waals surface area contributed by atoms with Gasteiger partial charge in [-0.25, -0.2) is 8.42 Å². The Bertz CT molecular complexity index is 524. The van der Waals surface area contributed by atoms with Crippen LogP contribution < -0.4 is 0 Å². The lowest BCUT2D eigenvalue weighted by Crippen LogP contribution is -2.40. The van der Waals surface area contributed by atoms with Crippen molar-refractivity contribution in [3.8, 4) is 0 Å². The summed E-state index contributed by atoms with van der Waals surface area (Å²) < 4.78 is 28.1. The number of aliphatic hydroxyl groups is 1. The number of aromatic nitrogens is 1. The minimum absolute atomic E-state index is 0.154. The highest BCUT2D eigenvalue weighted by Crippen LogP contribution is 2.25. The third kappa shape index (κ3) is 2.59. The lowest BCUT2D eigenvalue weighted by Gasteiger charge is -2.29. The fourth-order valence-corrected chi connectivity index (χ4v) is 4.88. The summed E-state index contributed by atoms with van der Waals surface area (Å²) in [6.07, 6.45) is 1.56. The highest BCUT2D eigenvalue weighted by atomic mass is 32.2. The van der Waals surface area contributed by atoms with E-state index in [1.54, 1.807) is 35.6 Å². The van der Waals surface area contributed by atoms with Gasteiger partial charge in [-0.3, -0.25) is 0 Å². The summed E-state index contributed by atoms with van der Waals surface area (Å²) in [4.78, 5) is 0.271. The van der Waals surface area contributed by atoms with Crippen LogP contribution in [0.3, 0.4) is 0 Å². The summed E-state index contributed by atoms with van der Waals surface area (Å²) in [5.74, 6) is 0.833. The van der Waals surface area contributed by atoms with E-state index in [2.05, 4.69) is 0 Å². The van der Waals surface area contributed by atoms with E-state index in [0.717, 1.165) is 5.75 Å². The largest absolute Gasteiger partial charge is 0.390 e. The molecular formula is C11H18N2O3S2. The first kappa shape index (κ1) is 13.9. The molecule has 7 heteroatoms. The van der Waals surface area contributed by atoms with E-state index in [0.29, 0.717) is 24.0 Å². The Morgan fingerprint density at radius 1 is 1.56 bits per heavy atom. The molecule has 1 aromatic heterocycles. The highest BCUT2D eigenvalue weighted by Gasteiger charge is 2.29. The van der Waals surface area contributed by atoms with Crippen molar-refractivity contribution in [2.45, 2.75) is 23.7 Å². The average Bonchev–Trinajstić information content (AvgIpc) is 2.71. The van der Waals surface area contributed by atoms with Gasteiger partial charge < -0.3 is 9.67 Å². The monoisotopic (exact) mass is 290 g/mol. The number of hydrogen-bond acceptors (Lipinski definition) is 4. The molecule has 1 aliphatic rings. The van der Waals surface area contributed by atoms with Crippen LogP contribution in [0.15, 0.2) is 17.2 Å². The second kappa shape index (κ2) is 5.24. The summed E-state index contributed by atoms with van der Waals surface area (Å²) in [6, 6.07) is 1.54. The number of thioether (sulfide) groups is 1. The van der Waals surface area contributed by atoms with Gasteiger partial charge >= 0.3 is 0 Å². The Labute approximate surface area is 112 Å². The maximum absolute atomic E-state index is 12.4. The zero-order valence-electron chi connectivity index (χ0n) is 10.5. The average molecular weight is 290 g/mol. The Balaban J connectivity index is 2.29. The molecule has 0 spiro atoms. The zero-order chi connectivity index (χ0) is 13.3. The van der Waals surface area contributed by atoms with Crippen LogP contribution in [0, 0.1) is 0 Å². The van der Waals surface area contributed by atoms with Crippen LogP contribution in [0.1, 0.15) is 12.6 Å². The first-order valence-electron chi connectivity index (χ1n) is 5.83. The Hall–Kier alpha value is -0.500. The lowest BCUT2D eigenvalue weighted by atomic mass is 10.4. The molecule has 102 valence electrons. The number of aliphatic hydroxyl groups excluding tert-OH is 1. The summed E-state index contributed by atoms with van der Waals surface area (Å²) in [6.45, 7) is 2.99. The van der Waals surface area contributed by atoms with E-state index in [4.69, 9.17) is 5.11 Å². The third-order valence-electron chi connectivity index (χ3n) is 3.09. The molecule has 1 atom stereocenters. The van der Waals surface area contributed by atoms with E-state index in [1.165, 1.54) is 4.31 Å².